The van der Waals surface area contributed by atoms with Gasteiger partial charge in [-0.25, -0.2) is 15.0 Å². The van der Waals surface area contributed by atoms with E-state index in [0.29, 0.717) is 41.8 Å². The van der Waals surface area contributed by atoms with Gasteiger partial charge in [0.1, 0.15) is 23.1 Å². The van der Waals surface area contributed by atoms with Gasteiger partial charge in [0.25, 0.3) is 5.91 Å². The molecule has 0 unspecified atom stereocenters. The van der Waals surface area contributed by atoms with Gasteiger partial charge in [0.2, 0.25) is 0 Å². The van der Waals surface area contributed by atoms with Crippen molar-refractivity contribution in [3.63, 3.8) is 0 Å². The summed E-state index contributed by atoms with van der Waals surface area (Å²) in [5.41, 5.74) is 1.71. The van der Waals surface area contributed by atoms with E-state index < -0.39 is 0 Å². The maximum atomic E-state index is 13.0. The normalized spacial score (nSPS) is 14.0. The number of nitrogens with zero attached hydrogens (tertiary/aromatic N) is 6. The molecular formula is C26H28N8O2. The molecule has 0 atom stereocenters. The zero-order valence-electron chi connectivity index (χ0n) is 20.5. The molecule has 10 heteroatoms. The number of carbonyl (C=O) groups excluding carboxylic acids is 1. The number of aromatic nitrogens is 5. The van der Waals surface area contributed by atoms with Gasteiger partial charge in [-0.15, -0.1) is 0 Å². The number of carbonyl (C=O) groups is 1. The summed E-state index contributed by atoms with van der Waals surface area (Å²) in [7, 11) is 0. The van der Waals surface area contributed by atoms with E-state index >= 15 is 0 Å². The molecule has 0 aromatic carbocycles. The number of rotatable bonds is 5. The minimum Gasteiger partial charge on any atom is -0.378 e. The molecule has 4 aromatic heterocycles. The molecule has 5 rings (SSSR count). The van der Waals surface area contributed by atoms with E-state index in [-0.39, 0.29) is 11.4 Å². The van der Waals surface area contributed by atoms with Gasteiger partial charge in [-0.1, -0.05) is 0 Å². The Labute approximate surface area is 209 Å². The highest BCUT2D eigenvalue weighted by Gasteiger charge is 2.16. The third kappa shape index (κ3) is 5.55. The first-order chi connectivity index (χ1) is 17.3. The zero-order chi connectivity index (χ0) is 25.1. The lowest BCUT2D eigenvalue weighted by molar-refractivity contribution is 0.102. The van der Waals surface area contributed by atoms with Gasteiger partial charge in [0, 0.05) is 48.2 Å². The van der Waals surface area contributed by atoms with Gasteiger partial charge < -0.3 is 20.3 Å². The van der Waals surface area contributed by atoms with Crippen LogP contribution in [0.5, 0.6) is 0 Å². The quantitative estimate of drug-likeness (QED) is 0.436. The predicted molar refractivity (Wildman–Crippen MR) is 139 cm³/mol. The van der Waals surface area contributed by atoms with Crippen LogP contribution in [0.15, 0.2) is 55.2 Å². The van der Waals surface area contributed by atoms with Gasteiger partial charge in [-0.05, 0) is 50.4 Å². The third-order valence-corrected chi connectivity index (χ3v) is 5.59. The van der Waals surface area contributed by atoms with Crippen molar-refractivity contribution in [3.05, 3.63) is 60.8 Å². The Bertz CT molecular complexity index is 1400. The van der Waals surface area contributed by atoms with Crippen molar-refractivity contribution in [1.29, 1.82) is 0 Å². The van der Waals surface area contributed by atoms with Gasteiger partial charge in [0.15, 0.2) is 0 Å². The first-order valence-corrected chi connectivity index (χ1v) is 11.8. The van der Waals surface area contributed by atoms with E-state index in [0.717, 1.165) is 29.7 Å². The average Bonchev–Trinajstić information content (AvgIpc) is 2.88. The fourth-order valence-electron chi connectivity index (χ4n) is 3.89. The molecule has 36 heavy (non-hydrogen) atoms. The summed E-state index contributed by atoms with van der Waals surface area (Å²) in [4.78, 5) is 37.4. The predicted octanol–water partition coefficient (Wildman–Crippen LogP) is 3.78. The number of morpholine rings is 1. The fraction of sp³-hybridized carbons (Fsp3) is 0.308. The van der Waals surface area contributed by atoms with Crippen LogP contribution in [0.1, 0.15) is 31.1 Å². The highest BCUT2D eigenvalue weighted by molar-refractivity contribution is 6.05. The second-order valence-corrected chi connectivity index (χ2v) is 9.61. The molecule has 0 spiro atoms. The van der Waals surface area contributed by atoms with E-state index in [9.17, 15) is 4.79 Å². The summed E-state index contributed by atoms with van der Waals surface area (Å²) < 4.78 is 5.40. The smallest absolute Gasteiger partial charge is 0.257 e. The van der Waals surface area contributed by atoms with Crippen LogP contribution in [0.3, 0.4) is 0 Å². The number of fused-ring (bicyclic) bond motifs is 1. The molecule has 0 saturated carbocycles. The SMILES string of the molecule is CC(C)(C)Nc1cncc(-c2cc3cc(NC(=O)c4ccnc(N5CCOCC5)c4)ncc3cn2)n1. The standard InChI is InChI=1S/C26H28N8O2/c1-26(2,3)33-23-16-27-15-21(31-23)20-10-18-11-22(30-14-19(18)13-29-20)32-25(35)17-4-5-28-24(12-17)34-6-8-36-9-7-34/h4-5,10-16H,6-9H2,1-3H3,(H,31,33)(H,30,32,35). The Hall–Kier alpha value is -4.18. The molecule has 5 heterocycles. The average molecular weight is 485 g/mol. The molecule has 1 aliphatic rings. The molecule has 0 aliphatic carbocycles. The number of nitrogens with one attached hydrogen (secondary N) is 2. The van der Waals surface area contributed by atoms with Gasteiger partial charge in [-0.2, -0.15) is 0 Å². The maximum absolute atomic E-state index is 13.0. The Kier molecular flexibility index (Phi) is 6.43. The third-order valence-electron chi connectivity index (χ3n) is 5.59. The van der Waals surface area contributed by atoms with Gasteiger partial charge in [-0.3, -0.25) is 14.8 Å². The number of amides is 1. The van der Waals surface area contributed by atoms with Crippen LogP contribution in [0.25, 0.3) is 22.2 Å². The van der Waals surface area contributed by atoms with Crippen LogP contribution in [0.2, 0.25) is 0 Å². The van der Waals surface area contributed by atoms with E-state index in [4.69, 9.17) is 4.74 Å². The molecule has 0 bridgehead atoms. The van der Waals surface area contributed by atoms with E-state index in [2.05, 4.69) is 61.2 Å². The van der Waals surface area contributed by atoms with E-state index in [1.807, 2.05) is 12.1 Å². The Morgan fingerprint density at radius 1 is 0.917 bits per heavy atom. The number of anilines is 3. The number of hydrogen-bond donors (Lipinski definition) is 2. The minimum absolute atomic E-state index is 0.138. The topological polar surface area (TPSA) is 118 Å². The first-order valence-electron chi connectivity index (χ1n) is 11.8. The van der Waals surface area contributed by atoms with Crippen molar-refractivity contribution in [2.24, 2.45) is 0 Å². The monoisotopic (exact) mass is 484 g/mol. The van der Waals surface area contributed by atoms with Crippen molar-refractivity contribution in [2.45, 2.75) is 26.3 Å². The molecule has 10 nitrogen and oxygen atoms in total. The summed E-state index contributed by atoms with van der Waals surface area (Å²) in [6.45, 7) is 8.99. The fourth-order valence-corrected chi connectivity index (χ4v) is 3.89. The van der Waals surface area contributed by atoms with Gasteiger partial charge in [0.05, 0.1) is 31.3 Å². The zero-order valence-corrected chi connectivity index (χ0v) is 20.5. The molecule has 2 N–H and O–H groups in total. The molecule has 0 radical (unpaired) electrons. The van der Waals surface area contributed by atoms with Crippen LogP contribution >= 0.6 is 0 Å². The summed E-state index contributed by atoms with van der Waals surface area (Å²) >= 11 is 0. The summed E-state index contributed by atoms with van der Waals surface area (Å²) in [6, 6.07) is 7.23. The Morgan fingerprint density at radius 3 is 2.53 bits per heavy atom. The van der Waals surface area contributed by atoms with Crippen LogP contribution < -0.4 is 15.5 Å². The highest BCUT2D eigenvalue weighted by Crippen LogP contribution is 2.24. The lowest BCUT2D eigenvalue weighted by Crippen LogP contribution is -2.36. The summed E-state index contributed by atoms with van der Waals surface area (Å²) in [5, 5.41) is 7.96. The second kappa shape index (κ2) is 9.82. The molecule has 1 amide bonds. The molecule has 184 valence electrons. The largest absolute Gasteiger partial charge is 0.378 e. The second-order valence-electron chi connectivity index (χ2n) is 9.61. The van der Waals surface area contributed by atoms with E-state index in [1.54, 1.807) is 43.1 Å². The van der Waals surface area contributed by atoms with Crippen molar-refractivity contribution in [2.75, 3.05) is 41.8 Å². The van der Waals surface area contributed by atoms with E-state index in [1.165, 1.54) is 0 Å². The van der Waals surface area contributed by atoms with Crippen molar-refractivity contribution >= 4 is 34.1 Å². The Morgan fingerprint density at radius 2 is 1.72 bits per heavy atom. The lowest BCUT2D eigenvalue weighted by atomic mass is 10.1. The van der Waals surface area contributed by atoms with Crippen LogP contribution in [0.4, 0.5) is 17.5 Å². The molecule has 1 aliphatic heterocycles. The van der Waals surface area contributed by atoms with Crippen molar-refractivity contribution < 1.29 is 9.53 Å². The van der Waals surface area contributed by atoms with Crippen LogP contribution in [0, 0.1) is 0 Å². The summed E-state index contributed by atoms with van der Waals surface area (Å²) in [5.74, 6) is 1.64. The van der Waals surface area contributed by atoms with Crippen LogP contribution in [-0.4, -0.2) is 62.7 Å². The van der Waals surface area contributed by atoms with Crippen LogP contribution in [-0.2, 0) is 4.74 Å². The number of ether oxygens (including phenoxy) is 1. The molecule has 4 aromatic rings. The van der Waals surface area contributed by atoms with Crippen molar-refractivity contribution in [3.8, 4) is 11.4 Å². The highest BCUT2D eigenvalue weighted by atomic mass is 16.5. The van der Waals surface area contributed by atoms with Crippen molar-refractivity contribution in [1.82, 2.24) is 24.9 Å². The lowest BCUT2D eigenvalue weighted by Gasteiger charge is -2.27. The minimum atomic E-state index is -0.250. The Balaban J connectivity index is 1.36. The number of hydrogen-bond acceptors (Lipinski definition) is 9. The molecule has 1 fully saturated rings. The summed E-state index contributed by atoms with van der Waals surface area (Å²) in [6.07, 6.45) is 8.45. The first kappa shape index (κ1) is 23.6. The number of pyridine rings is 3. The van der Waals surface area contributed by atoms with Gasteiger partial charge >= 0.3 is 0 Å². The molecular weight excluding hydrogens is 456 g/mol. The molecule has 1 saturated heterocycles. The maximum Gasteiger partial charge on any atom is 0.257 e.